The van der Waals surface area contributed by atoms with Crippen molar-refractivity contribution in [3.63, 3.8) is 0 Å². The molecule has 2 bridgehead atoms. The highest BCUT2D eigenvalue weighted by molar-refractivity contribution is 5.72. The van der Waals surface area contributed by atoms with Crippen LogP contribution in [0.15, 0.2) is 47.5 Å². The average molecular weight is 513 g/mol. The van der Waals surface area contributed by atoms with Crippen molar-refractivity contribution in [3.8, 4) is 28.3 Å². The van der Waals surface area contributed by atoms with E-state index in [2.05, 4.69) is 20.5 Å². The Labute approximate surface area is 211 Å². The summed E-state index contributed by atoms with van der Waals surface area (Å²) in [5.74, 6) is -1.05. The smallest absolute Gasteiger partial charge is 0.395 e. The number of hydrogen-bond acceptors (Lipinski definition) is 7. The van der Waals surface area contributed by atoms with Gasteiger partial charge < -0.3 is 19.9 Å². The molecule has 11 heteroatoms. The van der Waals surface area contributed by atoms with E-state index in [0.717, 1.165) is 19.3 Å². The van der Waals surface area contributed by atoms with E-state index < -0.39 is 24.2 Å². The Morgan fingerprint density at radius 2 is 1.86 bits per heavy atom. The van der Waals surface area contributed by atoms with Crippen LogP contribution >= 0.6 is 0 Å². The number of piperidine rings is 1. The minimum absolute atomic E-state index is 0.000523. The maximum atomic E-state index is 14.2. The Bertz CT molecular complexity index is 1370. The lowest BCUT2D eigenvalue weighted by Crippen LogP contribution is -2.60. The number of aromatic nitrogens is 4. The molecule has 1 aliphatic carbocycles. The number of fused-ring (bicyclic) bond motifs is 2. The summed E-state index contributed by atoms with van der Waals surface area (Å²) in [6, 6.07) is 6.96. The van der Waals surface area contributed by atoms with Gasteiger partial charge in [0, 0.05) is 43.5 Å². The zero-order chi connectivity index (χ0) is 25.9. The number of halogens is 3. The molecule has 0 spiro atoms. The predicted molar refractivity (Wildman–Crippen MR) is 131 cm³/mol. The Hall–Kier alpha value is -3.47. The van der Waals surface area contributed by atoms with Crippen LogP contribution in [0, 0.1) is 5.92 Å². The SMILES string of the molecule is Cn1ccc(-c2ccc(-c3ncc(N(C4CC4)[C@H]4C[C@H]5CC[C@H](N5)[C@H]4C(F)(F)F)nn3)c(O)c2)cc1=O. The van der Waals surface area contributed by atoms with Gasteiger partial charge in [0.2, 0.25) is 0 Å². The van der Waals surface area contributed by atoms with E-state index in [1.807, 2.05) is 0 Å². The molecular weight excluding hydrogens is 485 g/mol. The normalized spacial score (nSPS) is 25.3. The van der Waals surface area contributed by atoms with Gasteiger partial charge in [0.1, 0.15) is 5.75 Å². The van der Waals surface area contributed by atoms with E-state index in [1.165, 1.54) is 22.9 Å². The van der Waals surface area contributed by atoms with Crippen LogP contribution in [-0.2, 0) is 7.05 Å². The second-order valence-electron chi connectivity index (χ2n) is 10.3. The average Bonchev–Trinajstić information content (AvgIpc) is 3.63. The van der Waals surface area contributed by atoms with Crippen LogP contribution in [0.3, 0.4) is 0 Å². The summed E-state index contributed by atoms with van der Waals surface area (Å²) in [6.07, 6.45) is 2.12. The summed E-state index contributed by atoms with van der Waals surface area (Å²) in [6.45, 7) is 0. The molecule has 4 heterocycles. The molecule has 37 heavy (non-hydrogen) atoms. The summed E-state index contributed by atoms with van der Waals surface area (Å²) in [5, 5.41) is 22.3. The van der Waals surface area contributed by atoms with Crippen LogP contribution in [0.25, 0.3) is 22.5 Å². The number of phenols is 1. The molecule has 3 fully saturated rings. The van der Waals surface area contributed by atoms with Crippen LogP contribution in [-0.4, -0.2) is 55.2 Å². The van der Waals surface area contributed by atoms with E-state index in [-0.39, 0.29) is 29.2 Å². The fourth-order valence-corrected chi connectivity index (χ4v) is 5.88. The first kappa shape index (κ1) is 23.9. The summed E-state index contributed by atoms with van der Waals surface area (Å²) in [5.41, 5.74) is 1.49. The van der Waals surface area contributed by atoms with Gasteiger partial charge >= 0.3 is 6.18 Å². The highest BCUT2D eigenvalue weighted by atomic mass is 19.4. The van der Waals surface area contributed by atoms with E-state index in [9.17, 15) is 23.1 Å². The molecule has 0 unspecified atom stereocenters. The molecule has 4 atom stereocenters. The second-order valence-corrected chi connectivity index (χ2v) is 10.3. The minimum Gasteiger partial charge on any atom is -0.507 e. The number of nitrogens with zero attached hydrogens (tertiary/aromatic N) is 5. The molecule has 1 saturated carbocycles. The van der Waals surface area contributed by atoms with Crippen molar-refractivity contribution in [1.29, 1.82) is 0 Å². The third-order valence-corrected chi connectivity index (χ3v) is 7.82. The van der Waals surface area contributed by atoms with E-state index in [0.29, 0.717) is 35.3 Å². The number of nitrogens with one attached hydrogen (secondary N) is 1. The summed E-state index contributed by atoms with van der Waals surface area (Å²) < 4.78 is 44.0. The molecular formula is C26H27F3N6O2. The van der Waals surface area contributed by atoms with Crippen molar-refractivity contribution in [3.05, 3.63) is 53.1 Å². The number of anilines is 1. The number of pyridine rings is 1. The summed E-state index contributed by atoms with van der Waals surface area (Å²) in [7, 11) is 1.66. The Balaban J connectivity index is 1.29. The molecule has 2 aromatic heterocycles. The number of rotatable bonds is 5. The highest BCUT2D eigenvalue weighted by Gasteiger charge is 2.57. The third-order valence-electron chi connectivity index (χ3n) is 7.82. The van der Waals surface area contributed by atoms with E-state index in [1.54, 1.807) is 36.3 Å². The number of aryl methyl sites for hydroxylation is 1. The summed E-state index contributed by atoms with van der Waals surface area (Å²) >= 11 is 0. The Morgan fingerprint density at radius 3 is 2.51 bits per heavy atom. The molecule has 0 amide bonds. The zero-order valence-corrected chi connectivity index (χ0v) is 20.2. The molecule has 3 aromatic rings. The van der Waals surface area contributed by atoms with Crippen molar-refractivity contribution < 1.29 is 18.3 Å². The van der Waals surface area contributed by atoms with Gasteiger partial charge in [0.15, 0.2) is 11.6 Å². The molecule has 2 saturated heterocycles. The standard InChI is InChI=1S/C26H27F3N6O2/c1-34-9-8-15(11-23(34)37)14-2-6-18(21(36)10-14)25-30-13-22(32-33-25)35(17-4-5-17)20-12-16-3-7-19(31-16)24(20)26(27,28)29/h2,6,8-11,13,16-17,19-20,24,31,36H,3-5,7,12H2,1H3/t16-,19+,20+,24-/m1/s1. The van der Waals surface area contributed by atoms with Crippen molar-refractivity contribution in [2.24, 2.45) is 13.0 Å². The van der Waals surface area contributed by atoms with Gasteiger partial charge in [0.05, 0.1) is 17.7 Å². The first-order valence-electron chi connectivity index (χ1n) is 12.5. The van der Waals surface area contributed by atoms with Crippen LogP contribution < -0.4 is 15.8 Å². The van der Waals surface area contributed by atoms with Crippen LogP contribution in [0.5, 0.6) is 5.75 Å². The minimum atomic E-state index is -4.32. The molecule has 2 aliphatic heterocycles. The number of hydrogen-bond donors (Lipinski definition) is 2. The number of alkyl halides is 3. The zero-order valence-electron chi connectivity index (χ0n) is 20.2. The number of phenolic OH excluding ortho intramolecular Hbond substituents is 1. The molecule has 194 valence electrons. The monoisotopic (exact) mass is 512 g/mol. The quantitative estimate of drug-likeness (QED) is 0.539. The van der Waals surface area contributed by atoms with Gasteiger partial charge in [-0.1, -0.05) is 6.07 Å². The third kappa shape index (κ3) is 4.45. The van der Waals surface area contributed by atoms with Gasteiger partial charge in [-0.05, 0) is 61.4 Å². The fraction of sp³-hybridized carbons (Fsp3) is 0.462. The first-order valence-corrected chi connectivity index (χ1v) is 12.5. The van der Waals surface area contributed by atoms with Crippen molar-refractivity contribution in [2.75, 3.05) is 4.90 Å². The van der Waals surface area contributed by atoms with Gasteiger partial charge in [0.25, 0.3) is 5.56 Å². The first-order chi connectivity index (χ1) is 17.7. The number of aromatic hydroxyl groups is 1. The molecule has 8 nitrogen and oxygen atoms in total. The molecule has 6 rings (SSSR count). The van der Waals surface area contributed by atoms with Gasteiger partial charge in [-0.2, -0.15) is 13.2 Å². The lowest BCUT2D eigenvalue weighted by molar-refractivity contribution is -0.191. The molecule has 2 N–H and O–H groups in total. The van der Waals surface area contributed by atoms with Crippen LogP contribution in [0.1, 0.15) is 32.1 Å². The molecule has 1 aromatic carbocycles. The number of benzene rings is 1. The Morgan fingerprint density at radius 1 is 1.08 bits per heavy atom. The molecule has 3 aliphatic rings. The van der Waals surface area contributed by atoms with Crippen molar-refractivity contribution in [2.45, 2.75) is 62.4 Å². The fourth-order valence-electron chi connectivity index (χ4n) is 5.88. The summed E-state index contributed by atoms with van der Waals surface area (Å²) in [4.78, 5) is 18.1. The van der Waals surface area contributed by atoms with Gasteiger partial charge in [-0.25, -0.2) is 4.98 Å². The van der Waals surface area contributed by atoms with Crippen molar-refractivity contribution in [1.82, 2.24) is 25.1 Å². The van der Waals surface area contributed by atoms with E-state index in [4.69, 9.17) is 0 Å². The lowest BCUT2D eigenvalue weighted by atomic mass is 9.85. The maximum absolute atomic E-state index is 14.2. The molecule has 0 radical (unpaired) electrons. The largest absolute Gasteiger partial charge is 0.507 e. The van der Waals surface area contributed by atoms with Gasteiger partial charge in [-0.3, -0.25) is 4.79 Å². The van der Waals surface area contributed by atoms with E-state index >= 15 is 0 Å². The van der Waals surface area contributed by atoms with Crippen LogP contribution in [0.4, 0.5) is 19.0 Å². The maximum Gasteiger partial charge on any atom is 0.395 e. The highest BCUT2D eigenvalue weighted by Crippen LogP contribution is 2.47. The van der Waals surface area contributed by atoms with Gasteiger partial charge in [-0.15, -0.1) is 10.2 Å². The topological polar surface area (TPSA) is 96.2 Å². The Kier molecular flexibility index (Phi) is 5.70. The predicted octanol–water partition coefficient (Wildman–Crippen LogP) is 3.65. The van der Waals surface area contributed by atoms with Crippen molar-refractivity contribution >= 4 is 5.82 Å². The lowest BCUT2D eigenvalue weighted by Gasteiger charge is -2.44. The second kappa shape index (κ2) is 8.83. The van der Waals surface area contributed by atoms with Crippen LogP contribution in [0.2, 0.25) is 0 Å².